The summed E-state index contributed by atoms with van der Waals surface area (Å²) >= 11 is 0. The van der Waals surface area contributed by atoms with Crippen molar-refractivity contribution in [3.8, 4) is 0 Å². The number of rotatable bonds is 7. The van der Waals surface area contributed by atoms with Crippen molar-refractivity contribution >= 4 is 17.4 Å². The zero-order chi connectivity index (χ0) is 17.5. The Kier molecular flexibility index (Phi) is 6.32. The summed E-state index contributed by atoms with van der Waals surface area (Å²) in [5.74, 6) is 0.464. The topological polar surface area (TPSA) is 71.2 Å². The van der Waals surface area contributed by atoms with Crippen molar-refractivity contribution in [1.82, 2.24) is 4.98 Å². The van der Waals surface area contributed by atoms with E-state index in [9.17, 15) is 4.79 Å². The van der Waals surface area contributed by atoms with Gasteiger partial charge in [0.15, 0.2) is 0 Å². The van der Waals surface area contributed by atoms with Crippen molar-refractivity contribution in [3.63, 3.8) is 0 Å². The second-order valence-corrected chi connectivity index (χ2v) is 5.79. The predicted octanol–water partition coefficient (Wildman–Crippen LogP) is 3.20. The normalized spacial score (nSPS) is 13.2. The molecule has 3 N–H and O–H groups in total. The van der Waals surface area contributed by atoms with Crippen LogP contribution in [0.2, 0.25) is 0 Å². The van der Waals surface area contributed by atoms with Crippen LogP contribution in [0.3, 0.4) is 0 Å². The van der Waals surface area contributed by atoms with E-state index < -0.39 is 0 Å². The molecular formula is C19H26N4O. The van der Waals surface area contributed by atoms with E-state index in [0.717, 1.165) is 24.5 Å². The third kappa shape index (κ3) is 4.32. The van der Waals surface area contributed by atoms with Crippen LogP contribution in [0.5, 0.6) is 0 Å². The van der Waals surface area contributed by atoms with Crippen LogP contribution < -0.4 is 16.0 Å². The van der Waals surface area contributed by atoms with Gasteiger partial charge in [-0.25, -0.2) is 4.98 Å². The van der Waals surface area contributed by atoms with Crippen LogP contribution in [0, 0.1) is 5.92 Å². The molecule has 0 bridgehead atoms. The molecular weight excluding hydrogens is 300 g/mol. The largest absolute Gasteiger partial charge is 0.357 e. The summed E-state index contributed by atoms with van der Waals surface area (Å²) in [4.78, 5) is 19.0. The number of anilines is 2. The molecule has 0 aliphatic carbocycles. The van der Waals surface area contributed by atoms with E-state index in [1.54, 1.807) is 6.20 Å². The molecule has 1 aromatic carbocycles. The molecule has 5 nitrogen and oxygen atoms in total. The smallest absolute Gasteiger partial charge is 0.229 e. The lowest BCUT2D eigenvalue weighted by atomic mass is 9.94. The van der Waals surface area contributed by atoms with Gasteiger partial charge < -0.3 is 16.0 Å². The average Bonchev–Trinajstić information content (AvgIpc) is 2.63. The van der Waals surface area contributed by atoms with Crippen LogP contribution in [0.25, 0.3) is 0 Å². The third-order valence-corrected chi connectivity index (χ3v) is 4.24. The maximum atomic E-state index is 12.4. The first-order chi connectivity index (χ1) is 11.6. The highest BCUT2D eigenvalue weighted by Gasteiger charge is 2.22. The fourth-order valence-corrected chi connectivity index (χ4v) is 2.58. The first kappa shape index (κ1) is 17.9. The molecule has 0 aliphatic rings. The molecule has 2 atom stereocenters. The van der Waals surface area contributed by atoms with E-state index >= 15 is 0 Å². The minimum absolute atomic E-state index is 0.108. The van der Waals surface area contributed by atoms with Gasteiger partial charge in [0.25, 0.3) is 0 Å². The Balaban J connectivity index is 2.01. The fraction of sp³-hybridized carbons (Fsp3) is 0.368. The van der Waals surface area contributed by atoms with Gasteiger partial charge >= 0.3 is 0 Å². The molecule has 0 saturated carbocycles. The van der Waals surface area contributed by atoms with Gasteiger partial charge in [-0.3, -0.25) is 4.79 Å². The fourth-order valence-electron chi connectivity index (χ4n) is 2.58. The summed E-state index contributed by atoms with van der Waals surface area (Å²) in [5.41, 5.74) is 7.85. The summed E-state index contributed by atoms with van der Waals surface area (Å²) < 4.78 is 0. The molecule has 0 radical (unpaired) electrons. The maximum Gasteiger partial charge on any atom is 0.229 e. The number of nitrogens with one attached hydrogen (secondary N) is 1. The van der Waals surface area contributed by atoms with Gasteiger partial charge in [-0.05, 0) is 31.5 Å². The van der Waals surface area contributed by atoms with E-state index in [0.29, 0.717) is 5.69 Å². The molecule has 1 amide bonds. The molecule has 0 spiro atoms. The molecule has 24 heavy (non-hydrogen) atoms. The van der Waals surface area contributed by atoms with Crippen LogP contribution in [-0.4, -0.2) is 24.0 Å². The Morgan fingerprint density at radius 2 is 1.83 bits per heavy atom. The summed E-state index contributed by atoms with van der Waals surface area (Å²) in [6.07, 6.45) is 1.69. The monoisotopic (exact) mass is 326 g/mol. The number of hydrogen-bond acceptors (Lipinski definition) is 4. The van der Waals surface area contributed by atoms with Crippen LogP contribution in [0.4, 0.5) is 11.5 Å². The average molecular weight is 326 g/mol. The Morgan fingerprint density at radius 3 is 2.38 bits per heavy atom. The van der Waals surface area contributed by atoms with Gasteiger partial charge in [0.2, 0.25) is 5.91 Å². The number of nitrogens with two attached hydrogens (primary N) is 1. The Bertz CT molecular complexity index is 638. The number of nitrogens with zero attached hydrogens (tertiary/aromatic N) is 2. The molecule has 5 heteroatoms. The molecule has 0 aliphatic heterocycles. The van der Waals surface area contributed by atoms with Crippen LogP contribution in [-0.2, 0) is 4.79 Å². The highest BCUT2D eigenvalue weighted by Crippen LogP contribution is 2.21. The number of carbonyl (C=O) groups excluding carboxylic acids is 1. The van der Waals surface area contributed by atoms with Crippen molar-refractivity contribution in [3.05, 3.63) is 54.2 Å². The number of aromatic nitrogens is 1. The van der Waals surface area contributed by atoms with E-state index in [1.807, 2.05) is 49.4 Å². The number of amides is 1. The molecule has 2 unspecified atom stereocenters. The van der Waals surface area contributed by atoms with Gasteiger partial charge in [0, 0.05) is 19.1 Å². The Labute approximate surface area is 143 Å². The standard InChI is InChI=1S/C19H26N4O/c1-4-23(5-2)17-12-11-16(13-21-17)22-19(24)14(3)18(20)15-9-7-6-8-10-15/h6-14,18H,4-5,20H2,1-3H3,(H,22,24). The van der Waals surface area contributed by atoms with Crippen molar-refractivity contribution in [2.45, 2.75) is 26.8 Å². The van der Waals surface area contributed by atoms with Crippen molar-refractivity contribution in [2.24, 2.45) is 11.7 Å². The first-order valence-electron chi connectivity index (χ1n) is 8.39. The van der Waals surface area contributed by atoms with Crippen molar-refractivity contribution in [2.75, 3.05) is 23.3 Å². The predicted molar refractivity (Wildman–Crippen MR) is 99.0 cm³/mol. The second-order valence-electron chi connectivity index (χ2n) is 5.79. The molecule has 2 aromatic rings. The highest BCUT2D eigenvalue weighted by atomic mass is 16.1. The minimum atomic E-state index is -0.339. The first-order valence-corrected chi connectivity index (χ1v) is 8.39. The minimum Gasteiger partial charge on any atom is -0.357 e. The lowest BCUT2D eigenvalue weighted by Crippen LogP contribution is -2.30. The van der Waals surface area contributed by atoms with E-state index in [-0.39, 0.29) is 17.9 Å². The SMILES string of the molecule is CCN(CC)c1ccc(NC(=O)C(C)C(N)c2ccccc2)cn1. The second kappa shape index (κ2) is 8.45. The van der Waals surface area contributed by atoms with Gasteiger partial charge in [-0.1, -0.05) is 37.3 Å². The molecule has 2 rings (SSSR count). The van der Waals surface area contributed by atoms with E-state index in [2.05, 4.69) is 29.0 Å². The Morgan fingerprint density at radius 1 is 1.17 bits per heavy atom. The van der Waals surface area contributed by atoms with Gasteiger partial charge in [0.05, 0.1) is 17.8 Å². The molecule has 1 aromatic heterocycles. The van der Waals surface area contributed by atoms with Gasteiger partial charge in [-0.2, -0.15) is 0 Å². The number of pyridine rings is 1. The van der Waals surface area contributed by atoms with Crippen LogP contribution in [0.1, 0.15) is 32.4 Å². The summed E-state index contributed by atoms with van der Waals surface area (Å²) in [6, 6.07) is 13.1. The van der Waals surface area contributed by atoms with E-state index in [1.165, 1.54) is 0 Å². The number of hydrogen-bond donors (Lipinski definition) is 2. The summed E-state index contributed by atoms with van der Waals surface area (Å²) in [6.45, 7) is 7.82. The lowest BCUT2D eigenvalue weighted by Gasteiger charge is -2.21. The molecule has 0 fully saturated rings. The Hall–Kier alpha value is -2.40. The third-order valence-electron chi connectivity index (χ3n) is 4.24. The maximum absolute atomic E-state index is 12.4. The highest BCUT2D eigenvalue weighted by molar-refractivity contribution is 5.92. The van der Waals surface area contributed by atoms with Crippen molar-refractivity contribution < 1.29 is 4.79 Å². The molecule has 1 heterocycles. The summed E-state index contributed by atoms with van der Waals surface area (Å²) in [7, 11) is 0. The van der Waals surface area contributed by atoms with Crippen LogP contribution >= 0.6 is 0 Å². The quantitative estimate of drug-likeness (QED) is 0.819. The summed E-state index contributed by atoms with van der Waals surface area (Å²) in [5, 5.41) is 2.89. The van der Waals surface area contributed by atoms with Crippen molar-refractivity contribution in [1.29, 1.82) is 0 Å². The lowest BCUT2D eigenvalue weighted by molar-refractivity contribution is -0.120. The van der Waals surface area contributed by atoms with Gasteiger partial charge in [-0.15, -0.1) is 0 Å². The number of benzene rings is 1. The number of carbonyl (C=O) groups is 1. The van der Waals surface area contributed by atoms with Gasteiger partial charge in [0.1, 0.15) is 5.82 Å². The molecule has 128 valence electrons. The van der Waals surface area contributed by atoms with Crippen LogP contribution in [0.15, 0.2) is 48.7 Å². The molecule has 0 saturated heterocycles. The zero-order valence-electron chi connectivity index (χ0n) is 14.6. The van der Waals surface area contributed by atoms with E-state index in [4.69, 9.17) is 5.73 Å². The zero-order valence-corrected chi connectivity index (χ0v) is 14.6.